The third-order valence-electron chi connectivity index (χ3n) is 5.85. The van der Waals surface area contributed by atoms with Crippen LogP contribution in [0.25, 0.3) is 22.3 Å². The number of nitrogens with zero attached hydrogens (tertiary/aromatic N) is 3. The molecule has 2 heterocycles. The number of sulfonamides is 1. The van der Waals surface area contributed by atoms with Gasteiger partial charge in [0.2, 0.25) is 10.0 Å². The van der Waals surface area contributed by atoms with Crippen molar-refractivity contribution in [2.75, 3.05) is 0 Å². The van der Waals surface area contributed by atoms with E-state index in [9.17, 15) is 35.6 Å². The van der Waals surface area contributed by atoms with Gasteiger partial charge in [0.05, 0.1) is 22.3 Å². The lowest BCUT2D eigenvalue weighted by molar-refractivity contribution is -0.147. The number of ether oxygens (including phenoxy) is 1. The molecule has 1 aromatic carbocycles. The number of fused-ring (bicyclic) bond motifs is 1. The molecule has 1 N–H and O–H groups in total. The summed E-state index contributed by atoms with van der Waals surface area (Å²) in [6.45, 7) is -2.38. The lowest BCUT2D eigenvalue weighted by atomic mass is 9.92. The highest BCUT2D eigenvalue weighted by molar-refractivity contribution is 7.89. The average Bonchev–Trinajstić information content (AvgIpc) is 3.04. The van der Waals surface area contributed by atoms with Gasteiger partial charge in [-0.15, -0.1) is 0 Å². The van der Waals surface area contributed by atoms with Gasteiger partial charge in [0.15, 0.2) is 0 Å². The number of nitriles is 1. The molecule has 13 heteroatoms. The number of halogens is 5. The summed E-state index contributed by atoms with van der Waals surface area (Å²) in [4.78, 5) is 3.86. The van der Waals surface area contributed by atoms with Crippen LogP contribution in [-0.4, -0.2) is 36.8 Å². The smallest absolute Gasteiger partial charge is 0.404 e. The number of rotatable bonds is 7. The molecule has 0 spiro atoms. The molecule has 4 rings (SSSR count). The van der Waals surface area contributed by atoms with Gasteiger partial charge in [-0.25, -0.2) is 13.4 Å². The molecule has 3 aromatic rings. The Morgan fingerprint density at radius 3 is 2.40 bits per heavy atom. The first kappa shape index (κ1) is 24.9. The predicted molar refractivity (Wildman–Crippen MR) is 115 cm³/mol. The van der Waals surface area contributed by atoms with Crippen molar-refractivity contribution >= 4 is 21.1 Å². The van der Waals surface area contributed by atoms with E-state index in [0.29, 0.717) is 29.2 Å². The Balaban J connectivity index is 1.80. The van der Waals surface area contributed by atoms with Gasteiger partial charge in [-0.05, 0) is 49.9 Å². The lowest BCUT2D eigenvalue weighted by Crippen LogP contribution is -2.42. The fraction of sp³-hybridized carbons (Fsp3) is 0.364. The highest BCUT2D eigenvalue weighted by Crippen LogP contribution is 2.42. The highest BCUT2D eigenvalue weighted by atomic mass is 32.2. The number of hydrogen-bond donors (Lipinski definition) is 1. The number of benzene rings is 1. The summed E-state index contributed by atoms with van der Waals surface area (Å²) in [7, 11) is -4.46. The van der Waals surface area contributed by atoms with Crippen LogP contribution in [0.2, 0.25) is 0 Å². The van der Waals surface area contributed by atoms with Crippen LogP contribution in [0.5, 0.6) is 5.75 Å². The van der Waals surface area contributed by atoms with Crippen LogP contribution in [0.4, 0.5) is 22.0 Å². The van der Waals surface area contributed by atoms with Crippen LogP contribution in [0.15, 0.2) is 41.4 Å². The normalized spacial score (nSPS) is 15.7. The molecule has 0 radical (unpaired) electrons. The van der Waals surface area contributed by atoms with E-state index in [-0.39, 0.29) is 22.3 Å². The Kier molecular flexibility index (Phi) is 6.46. The zero-order valence-electron chi connectivity index (χ0n) is 18.2. The van der Waals surface area contributed by atoms with E-state index in [4.69, 9.17) is 0 Å². The molecule has 1 atom stereocenters. The Hall–Kier alpha value is -3.24. The molecule has 1 fully saturated rings. The molecule has 7 nitrogen and oxygen atoms in total. The maximum Gasteiger partial charge on any atom is 0.404 e. The van der Waals surface area contributed by atoms with Gasteiger partial charge in [0, 0.05) is 11.4 Å². The van der Waals surface area contributed by atoms with Crippen molar-refractivity contribution in [2.45, 2.75) is 56.0 Å². The summed E-state index contributed by atoms with van der Waals surface area (Å²) in [5, 5.41) is 10.2. The van der Waals surface area contributed by atoms with Gasteiger partial charge in [-0.1, -0.05) is 12.1 Å². The van der Waals surface area contributed by atoms with Crippen molar-refractivity contribution < 1.29 is 35.1 Å². The second kappa shape index (κ2) is 9.09. The molecular formula is C22H19F5N4O3S. The predicted octanol–water partition coefficient (Wildman–Crippen LogP) is 5.13. The molecule has 0 bridgehead atoms. The molecule has 1 aliphatic rings. The van der Waals surface area contributed by atoms with E-state index in [0.717, 1.165) is 37.6 Å². The Morgan fingerprint density at radius 1 is 1.23 bits per heavy atom. The zero-order valence-corrected chi connectivity index (χ0v) is 19.0. The van der Waals surface area contributed by atoms with Gasteiger partial charge >= 0.3 is 12.8 Å². The van der Waals surface area contributed by atoms with E-state index in [1.807, 2.05) is 4.57 Å². The van der Waals surface area contributed by atoms with Crippen molar-refractivity contribution in [1.29, 1.82) is 5.26 Å². The molecule has 1 saturated carbocycles. The van der Waals surface area contributed by atoms with Gasteiger partial charge in [0.25, 0.3) is 0 Å². The van der Waals surface area contributed by atoms with E-state index in [1.54, 1.807) is 4.72 Å². The second-order valence-electron chi connectivity index (χ2n) is 8.12. The first-order valence-electron chi connectivity index (χ1n) is 10.5. The Morgan fingerprint density at radius 2 is 1.89 bits per heavy atom. The zero-order chi connectivity index (χ0) is 25.5. The minimum atomic E-state index is -4.75. The van der Waals surface area contributed by atoms with Crippen molar-refractivity contribution in [3.63, 3.8) is 0 Å². The monoisotopic (exact) mass is 514 g/mol. The largest absolute Gasteiger partial charge is 0.433 e. The van der Waals surface area contributed by atoms with Gasteiger partial charge in [0.1, 0.15) is 23.5 Å². The first-order valence-corrected chi connectivity index (χ1v) is 12.0. The van der Waals surface area contributed by atoms with Crippen molar-refractivity contribution in [2.24, 2.45) is 0 Å². The van der Waals surface area contributed by atoms with E-state index < -0.39 is 28.9 Å². The molecule has 1 aliphatic carbocycles. The lowest BCUT2D eigenvalue weighted by Gasteiger charge is -2.29. The number of pyridine rings is 1. The minimum Gasteiger partial charge on any atom is -0.433 e. The molecule has 2 aromatic heterocycles. The third kappa shape index (κ3) is 4.81. The summed E-state index contributed by atoms with van der Waals surface area (Å²) in [6.07, 6.45) is -1.08. The number of alkyl halides is 5. The van der Waals surface area contributed by atoms with Gasteiger partial charge in [-0.2, -0.15) is 31.9 Å². The maximum atomic E-state index is 12.8. The fourth-order valence-corrected chi connectivity index (χ4v) is 5.12. The van der Waals surface area contributed by atoms with Crippen LogP contribution in [-0.2, 0) is 10.0 Å². The average molecular weight is 514 g/mol. The number of aromatic nitrogens is 2. The van der Waals surface area contributed by atoms with Gasteiger partial charge in [-0.3, -0.25) is 0 Å². The minimum absolute atomic E-state index is 0.0123. The van der Waals surface area contributed by atoms with E-state index in [1.165, 1.54) is 18.2 Å². The Labute approximate surface area is 197 Å². The maximum absolute atomic E-state index is 12.8. The van der Waals surface area contributed by atoms with Gasteiger partial charge < -0.3 is 9.30 Å². The first-order chi connectivity index (χ1) is 16.4. The second-order valence-corrected chi connectivity index (χ2v) is 9.83. The molecule has 0 amide bonds. The number of hydrogen-bond acceptors (Lipinski definition) is 5. The molecule has 35 heavy (non-hydrogen) atoms. The summed E-state index contributed by atoms with van der Waals surface area (Å²) in [5.41, 5.74) is 1.36. The summed E-state index contributed by atoms with van der Waals surface area (Å²) < 4.78 is 96.4. The molecule has 186 valence electrons. The van der Waals surface area contributed by atoms with E-state index >= 15 is 0 Å². The summed E-state index contributed by atoms with van der Waals surface area (Å²) in [5.74, 6) is -0.215. The number of nitrogens with one attached hydrogen (secondary N) is 1. The van der Waals surface area contributed by atoms with Crippen LogP contribution in [0.1, 0.15) is 37.8 Å². The van der Waals surface area contributed by atoms with Crippen LogP contribution in [0, 0.1) is 11.3 Å². The highest BCUT2D eigenvalue weighted by Gasteiger charge is 2.39. The quantitative estimate of drug-likeness (QED) is 0.441. The molecule has 0 unspecified atom stereocenters. The molecule has 0 saturated heterocycles. The SMILES string of the molecule is C[C@@H](NS(=O)(=O)c1ccc(-c2c(C#N)c3cc(OC(F)F)cnc3n2C2CCC2)cc1)C(F)(F)F. The summed E-state index contributed by atoms with van der Waals surface area (Å²) in [6, 6.07) is 6.12. The van der Waals surface area contributed by atoms with Crippen molar-refractivity contribution in [3.8, 4) is 23.1 Å². The summed E-state index contributed by atoms with van der Waals surface area (Å²) >= 11 is 0. The molecular weight excluding hydrogens is 495 g/mol. The standard InChI is InChI=1S/C22H19F5N4O3S/c1-12(22(25,26)27)30-35(32,33)16-7-5-13(6-8-16)19-18(10-28)17-9-15(34-21(23)24)11-29-20(17)31(19)14-3-2-4-14/h5-9,11-12,14,21,30H,2-4H2,1H3/t12-/m1/s1. The van der Waals surface area contributed by atoms with E-state index in [2.05, 4.69) is 15.8 Å². The third-order valence-corrected chi connectivity index (χ3v) is 7.41. The van der Waals surface area contributed by atoms with Crippen molar-refractivity contribution in [1.82, 2.24) is 14.3 Å². The van der Waals surface area contributed by atoms with Crippen LogP contribution >= 0.6 is 0 Å². The van der Waals surface area contributed by atoms with Crippen LogP contribution < -0.4 is 9.46 Å². The van der Waals surface area contributed by atoms with Crippen LogP contribution in [0.3, 0.4) is 0 Å². The molecule has 0 aliphatic heterocycles. The Bertz CT molecular complexity index is 1390. The fourth-order valence-electron chi connectivity index (χ4n) is 3.89. The topological polar surface area (TPSA) is 97.0 Å². The van der Waals surface area contributed by atoms with Crippen molar-refractivity contribution in [3.05, 3.63) is 42.1 Å².